The van der Waals surface area contributed by atoms with Crippen LogP contribution in [0.3, 0.4) is 0 Å². The van der Waals surface area contributed by atoms with Gasteiger partial charge in [-0.1, -0.05) is 0 Å². The van der Waals surface area contributed by atoms with Gasteiger partial charge in [0.1, 0.15) is 5.82 Å². The summed E-state index contributed by atoms with van der Waals surface area (Å²) in [5, 5.41) is 4.86. The van der Waals surface area contributed by atoms with Crippen LogP contribution in [0.2, 0.25) is 0 Å². The third kappa shape index (κ3) is 3.70. The molecule has 2 amide bonds. The summed E-state index contributed by atoms with van der Waals surface area (Å²) in [4.78, 5) is 15.1. The molecule has 0 atom stereocenters. The van der Waals surface area contributed by atoms with Crippen LogP contribution in [0.4, 0.5) is 14.9 Å². The lowest BCUT2D eigenvalue weighted by Gasteiger charge is -2.11. The first-order valence-electron chi connectivity index (χ1n) is 4.70. The number of nitrogens with two attached hydrogens (primary N) is 1. The van der Waals surface area contributed by atoms with Crippen LogP contribution >= 0.6 is 15.9 Å². The number of amides is 2. The highest BCUT2D eigenvalue weighted by atomic mass is 79.9. The Morgan fingerprint density at radius 1 is 1.53 bits per heavy atom. The third-order valence-corrected chi connectivity index (χ3v) is 2.60. The zero-order valence-corrected chi connectivity index (χ0v) is 10.9. The van der Waals surface area contributed by atoms with Crippen molar-refractivity contribution in [2.75, 3.05) is 12.4 Å². The van der Waals surface area contributed by atoms with Crippen molar-refractivity contribution in [3.63, 3.8) is 0 Å². The van der Waals surface area contributed by atoms with Crippen molar-refractivity contribution < 1.29 is 9.18 Å². The summed E-state index contributed by atoms with van der Waals surface area (Å²) in [7, 11) is 1.45. The van der Waals surface area contributed by atoms with Crippen molar-refractivity contribution in [2.24, 2.45) is 10.7 Å². The normalized spacial score (nSPS) is 11.2. The van der Waals surface area contributed by atoms with Crippen molar-refractivity contribution in [3.8, 4) is 0 Å². The fourth-order valence-electron chi connectivity index (χ4n) is 1.18. The van der Waals surface area contributed by atoms with Gasteiger partial charge >= 0.3 is 6.03 Å². The number of halogens is 2. The Morgan fingerprint density at radius 2 is 2.18 bits per heavy atom. The second-order valence-electron chi connectivity index (χ2n) is 3.27. The summed E-state index contributed by atoms with van der Waals surface area (Å²) in [6, 6.07) is 2.04. The highest BCUT2D eigenvalue weighted by molar-refractivity contribution is 9.10. The van der Waals surface area contributed by atoms with Gasteiger partial charge in [-0.2, -0.15) is 0 Å². The molecule has 0 heterocycles. The number of aryl methyl sites for hydroxylation is 1. The average molecular weight is 303 g/mol. The molecule has 7 heteroatoms. The molecule has 0 saturated heterocycles. The van der Waals surface area contributed by atoms with Crippen molar-refractivity contribution >= 4 is 33.6 Å². The lowest BCUT2D eigenvalue weighted by atomic mass is 10.2. The molecule has 1 aromatic carbocycles. The van der Waals surface area contributed by atoms with E-state index in [1.54, 1.807) is 6.92 Å². The van der Waals surface area contributed by atoms with Crippen LogP contribution in [0, 0.1) is 12.7 Å². The maximum absolute atomic E-state index is 13.0. The molecule has 92 valence electrons. The summed E-state index contributed by atoms with van der Waals surface area (Å²) in [6.45, 7) is 1.68. The smallest absolute Gasteiger partial charge is 0.326 e. The Labute approximate surface area is 106 Å². The minimum absolute atomic E-state index is 0.00149. The van der Waals surface area contributed by atoms with Crippen molar-refractivity contribution in [2.45, 2.75) is 6.92 Å². The van der Waals surface area contributed by atoms with E-state index < -0.39 is 6.03 Å². The number of benzene rings is 1. The molecule has 0 aliphatic carbocycles. The Balaban J connectivity index is 2.85. The number of nitrogens with zero attached hydrogens (tertiary/aromatic N) is 1. The highest BCUT2D eigenvalue weighted by Crippen LogP contribution is 2.27. The van der Waals surface area contributed by atoms with Crippen LogP contribution in [0.15, 0.2) is 21.6 Å². The minimum atomic E-state index is -0.538. The molecular formula is C10H12BrFN4O. The van der Waals surface area contributed by atoms with Crippen LogP contribution in [0.1, 0.15) is 5.56 Å². The van der Waals surface area contributed by atoms with Gasteiger partial charge in [0.05, 0.1) is 5.69 Å². The number of carbonyl (C=O) groups excluding carboxylic acids is 1. The maximum Gasteiger partial charge on any atom is 0.326 e. The number of rotatable bonds is 1. The molecule has 1 rings (SSSR count). The van der Waals surface area contributed by atoms with Gasteiger partial charge in [0.2, 0.25) is 0 Å². The van der Waals surface area contributed by atoms with E-state index in [2.05, 4.69) is 31.6 Å². The standard InChI is InChI=1S/C10H12BrFN4O/c1-5-3-6(12)4-7(11)8(5)15-10(17)16-9(13)14-2/h3-4H,1-2H3,(H4,13,14,15,16,17). The van der Waals surface area contributed by atoms with Gasteiger partial charge in [0, 0.05) is 11.5 Å². The topological polar surface area (TPSA) is 79.5 Å². The van der Waals surface area contributed by atoms with Crippen LogP contribution in [-0.2, 0) is 0 Å². The molecule has 0 unspecified atom stereocenters. The molecule has 0 spiro atoms. The zero-order valence-electron chi connectivity index (χ0n) is 9.34. The number of guanidine groups is 1. The van der Waals surface area contributed by atoms with Crippen LogP contribution in [0.25, 0.3) is 0 Å². The van der Waals surface area contributed by atoms with Crippen molar-refractivity contribution in [1.29, 1.82) is 0 Å². The summed E-state index contributed by atoms with van der Waals surface area (Å²) in [5.74, 6) is -0.381. The zero-order chi connectivity index (χ0) is 13.0. The van der Waals surface area contributed by atoms with Gasteiger partial charge < -0.3 is 11.1 Å². The van der Waals surface area contributed by atoms with Gasteiger partial charge in [0.15, 0.2) is 5.96 Å². The molecule has 0 bridgehead atoms. The fourth-order valence-corrected chi connectivity index (χ4v) is 1.81. The molecule has 5 nitrogen and oxygen atoms in total. The molecule has 0 radical (unpaired) electrons. The van der Waals surface area contributed by atoms with E-state index in [0.717, 1.165) is 0 Å². The molecule has 17 heavy (non-hydrogen) atoms. The predicted molar refractivity (Wildman–Crippen MR) is 68.5 cm³/mol. The molecule has 0 saturated carbocycles. The number of aliphatic imine (C=N–C) groups is 1. The highest BCUT2D eigenvalue weighted by Gasteiger charge is 2.10. The average Bonchev–Trinajstić information content (AvgIpc) is 2.23. The van der Waals surface area contributed by atoms with Gasteiger partial charge in [-0.3, -0.25) is 10.3 Å². The number of anilines is 1. The number of carbonyl (C=O) groups is 1. The molecule has 0 aliphatic heterocycles. The first-order chi connectivity index (χ1) is 7.93. The monoisotopic (exact) mass is 302 g/mol. The summed E-state index contributed by atoms with van der Waals surface area (Å²) >= 11 is 3.17. The molecule has 0 aliphatic rings. The lowest BCUT2D eigenvalue weighted by Crippen LogP contribution is -2.39. The first-order valence-corrected chi connectivity index (χ1v) is 5.49. The predicted octanol–water partition coefficient (Wildman–Crippen LogP) is 1.96. The SMILES string of the molecule is CN=C(N)NC(=O)Nc1c(C)cc(F)cc1Br. The van der Waals surface area contributed by atoms with Crippen molar-refractivity contribution in [1.82, 2.24) is 5.32 Å². The summed E-state index contributed by atoms with van der Waals surface area (Å²) in [6.07, 6.45) is 0. The van der Waals surface area contributed by atoms with Crippen molar-refractivity contribution in [3.05, 3.63) is 28.0 Å². The van der Waals surface area contributed by atoms with Gasteiger partial charge in [-0.25, -0.2) is 9.18 Å². The van der Waals surface area contributed by atoms with Gasteiger partial charge in [-0.15, -0.1) is 0 Å². The van der Waals surface area contributed by atoms with E-state index in [0.29, 0.717) is 15.7 Å². The second kappa shape index (κ2) is 5.62. The quantitative estimate of drug-likeness (QED) is 0.548. The Morgan fingerprint density at radius 3 is 2.71 bits per heavy atom. The number of nitrogens with one attached hydrogen (secondary N) is 2. The third-order valence-electron chi connectivity index (χ3n) is 1.97. The van der Waals surface area contributed by atoms with E-state index in [1.165, 1.54) is 19.2 Å². The lowest BCUT2D eigenvalue weighted by molar-refractivity contribution is 0.256. The van der Waals surface area contributed by atoms with E-state index in [-0.39, 0.29) is 11.8 Å². The Hall–Kier alpha value is -1.63. The van der Waals surface area contributed by atoms with E-state index in [1.807, 2.05) is 0 Å². The van der Waals surface area contributed by atoms with Gasteiger partial charge in [0.25, 0.3) is 0 Å². The summed E-state index contributed by atoms with van der Waals surface area (Å²) in [5.41, 5.74) is 6.41. The molecule has 0 aromatic heterocycles. The van der Waals surface area contributed by atoms with Crippen LogP contribution in [0.5, 0.6) is 0 Å². The Bertz CT molecular complexity index is 452. The van der Waals surface area contributed by atoms with E-state index in [4.69, 9.17) is 5.73 Å². The van der Waals surface area contributed by atoms with Crippen LogP contribution < -0.4 is 16.4 Å². The fraction of sp³-hybridized carbons (Fsp3) is 0.200. The second-order valence-corrected chi connectivity index (χ2v) is 4.12. The maximum atomic E-state index is 13.0. The minimum Gasteiger partial charge on any atom is -0.370 e. The molecular weight excluding hydrogens is 291 g/mol. The Kier molecular flexibility index (Phi) is 4.45. The number of hydrogen-bond acceptors (Lipinski definition) is 2. The first kappa shape index (κ1) is 13.4. The van der Waals surface area contributed by atoms with E-state index >= 15 is 0 Å². The van der Waals surface area contributed by atoms with Gasteiger partial charge in [-0.05, 0) is 40.5 Å². The summed E-state index contributed by atoms with van der Waals surface area (Å²) < 4.78 is 13.5. The molecule has 1 aromatic rings. The van der Waals surface area contributed by atoms with E-state index in [9.17, 15) is 9.18 Å². The molecule has 4 N–H and O–H groups in total. The largest absolute Gasteiger partial charge is 0.370 e. The number of hydrogen-bond donors (Lipinski definition) is 3. The molecule has 0 fully saturated rings. The van der Waals surface area contributed by atoms with Crippen LogP contribution in [-0.4, -0.2) is 19.0 Å². The number of urea groups is 1.